The van der Waals surface area contributed by atoms with Crippen LogP contribution in [0.4, 0.5) is 0 Å². The second kappa shape index (κ2) is 9.27. The minimum atomic E-state index is -0.111. The number of likely N-dealkylation sites (tertiary alicyclic amines) is 1. The standard InChI is InChI=1S/C20H27N5O3.HI/c1-3-14-10-15(28-24-14)11-23-20(21-2)22-7-4-8-25-18(26)16-12-5-6-13(9-12)17(16)19(25)27;/h5-6,10,12-13,16-17H,3-4,7-9,11H2,1-2H3,(H2,21,22,23);1H. The van der Waals surface area contributed by atoms with E-state index in [1.54, 1.807) is 7.05 Å². The summed E-state index contributed by atoms with van der Waals surface area (Å²) < 4.78 is 5.24. The molecule has 2 amide bonds. The van der Waals surface area contributed by atoms with E-state index in [4.69, 9.17) is 4.52 Å². The van der Waals surface area contributed by atoms with Gasteiger partial charge < -0.3 is 15.2 Å². The Bertz CT molecular complexity index is 791. The molecule has 158 valence electrons. The topological polar surface area (TPSA) is 99.8 Å². The highest BCUT2D eigenvalue weighted by atomic mass is 127. The number of guanidine groups is 1. The molecule has 29 heavy (non-hydrogen) atoms. The van der Waals surface area contributed by atoms with E-state index in [2.05, 4.69) is 32.9 Å². The Morgan fingerprint density at radius 2 is 1.93 bits per heavy atom. The fraction of sp³-hybridized carbons (Fsp3) is 0.600. The van der Waals surface area contributed by atoms with Crippen LogP contribution in [0, 0.1) is 23.7 Å². The lowest BCUT2D eigenvalue weighted by atomic mass is 9.85. The lowest BCUT2D eigenvalue weighted by molar-refractivity contribution is -0.140. The van der Waals surface area contributed by atoms with E-state index in [-0.39, 0.29) is 59.5 Å². The van der Waals surface area contributed by atoms with Crippen LogP contribution in [-0.4, -0.2) is 48.0 Å². The number of allylic oxidation sites excluding steroid dienone is 2. The molecule has 9 heteroatoms. The summed E-state index contributed by atoms with van der Waals surface area (Å²) in [6.07, 6.45) is 6.73. The Hall–Kier alpha value is -1.91. The summed E-state index contributed by atoms with van der Waals surface area (Å²) in [6, 6.07) is 1.92. The third kappa shape index (κ3) is 4.19. The molecule has 8 nitrogen and oxygen atoms in total. The summed E-state index contributed by atoms with van der Waals surface area (Å²) >= 11 is 0. The number of aliphatic imine (C=N–C) groups is 1. The molecule has 2 N–H and O–H groups in total. The van der Waals surface area contributed by atoms with Gasteiger partial charge in [-0.15, -0.1) is 24.0 Å². The van der Waals surface area contributed by atoms with Crippen LogP contribution in [0.15, 0.2) is 27.7 Å². The maximum Gasteiger partial charge on any atom is 0.233 e. The number of aromatic nitrogens is 1. The number of rotatable bonds is 7. The quantitative estimate of drug-likeness (QED) is 0.144. The fourth-order valence-corrected chi connectivity index (χ4v) is 4.63. The van der Waals surface area contributed by atoms with E-state index in [0.29, 0.717) is 32.0 Å². The second-order valence-electron chi connectivity index (χ2n) is 7.67. The van der Waals surface area contributed by atoms with Crippen molar-refractivity contribution in [1.29, 1.82) is 0 Å². The number of halogens is 1. The molecule has 2 bridgehead atoms. The first kappa shape index (κ1) is 21.8. The van der Waals surface area contributed by atoms with Crippen molar-refractivity contribution in [1.82, 2.24) is 20.7 Å². The monoisotopic (exact) mass is 513 g/mol. The van der Waals surface area contributed by atoms with Gasteiger partial charge in [0.2, 0.25) is 11.8 Å². The van der Waals surface area contributed by atoms with Crippen LogP contribution in [0.2, 0.25) is 0 Å². The third-order valence-electron chi connectivity index (χ3n) is 6.04. The number of amides is 2. The summed E-state index contributed by atoms with van der Waals surface area (Å²) in [5.41, 5.74) is 0.924. The zero-order valence-corrected chi connectivity index (χ0v) is 19.1. The molecular weight excluding hydrogens is 485 g/mol. The number of aryl methyl sites for hydroxylation is 1. The summed E-state index contributed by atoms with van der Waals surface area (Å²) in [4.78, 5) is 31.0. The molecule has 4 unspecified atom stereocenters. The summed E-state index contributed by atoms with van der Waals surface area (Å²) in [6.45, 7) is 3.60. The van der Waals surface area contributed by atoms with Crippen LogP contribution in [0.1, 0.15) is 31.2 Å². The SMILES string of the molecule is CCc1cc(CNC(=NC)NCCCN2C(=O)C3C4C=CC(C4)C3C2=O)on1.I. The van der Waals surface area contributed by atoms with Crippen molar-refractivity contribution in [3.05, 3.63) is 29.7 Å². The normalized spacial score (nSPS) is 27.4. The van der Waals surface area contributed by atoms with E-state index >= 15 is 0 Å². The predicted molar refractivity (Wildman–Crippen MR) is 119 cm³/mol. The summed E-state index contributed by atoms with van der Waals surface area (Å²) in [5, 5.41) is 10.3. The maximum absolute atomic E-state index is 12.7. The first-order valence-corrected chi connectivity index (χ1v) is 10.0. The average Bonchev–Trinajstić information content (AvgIpc) is 3.47. The van der Waals surface area contributed by atoms with E-state index in [0.717, 1.165) is 24.3 Å². The Morgan fingerprint density at radius 3 is 2.52 bits per heavy atom. The Labute approximate surface area is 187 Å². The van der Waals surface area contributed by atoms with Gasteiger partial charge in [-0.1, -0.05) is 24.2 Å². The van der Waals surface area contributed by atoms with Gasteiger partial charge in [-0.3, -0.25) is 19.5 Å². The van der Waals surface area contributed by atoms with E-state index < -0.39 is 0 Å². The molecular formula is C20H28IN5O3. The zero-order valence-electron chi connectivity index (χ0n) is 16.8. The molecule has 2 aliphatic carbocycles. The number of hydrogen-bond acceptors (Lipinski definition) is 5. The van der Waals surface area contributed by atoms with Gasteiger partial charge in [0.05, 0.1) is 24.1 Å². The van der Waals surface area contributed by atoms with Gasteiger partial charge >= 0.3 is 0 Å². The molecule has 4 rings (SSSR count). The van der Waals surface area contributed by atoms with Gasteiger partial charge in [-0.05, 0) is 31.1 Å². The zero-order chi connectivity index (χ0) is 19.7. The highest BCUT2D eigenvalue weighted by Crippen LogP contribution is 2.52. The molecule has 1 aliphatic heterocycles. The molecule has 1 aromatic heterocycles. The van der Waals surface area contributed by atoms with Crippen molar-refractivity contribution in [3.8, 4) is 0 Å². The smallest absolute Gasteiger partial charge is 0.233 e. The number of hydrogen-bond donors (Lipinski definition) is 2. The van der Waals surface area contributed by atoms with Crippen LogP contribution >= 0.6 is 24.0 Å². The number of nitrogens with zero attached hydrogens (tertiary/aromatic N) is 3. The predicted octanol–water partition coefficient (Wildman–Crippen LogP) is 1.72. The lowest BCUT2D eigenvalue weighted by Gasteiger charge is -2.17. The van der Waals surface area contributed by atoms with Crippen LogP contribution in [0.3, 0.4) is 0 Å². The molecule has 3 aliphatic rings. The number of fused-ring (bicyclic) bond motifs is 5. The van der Waals surface area contributed by atoms with Gasteiger partial charge in [0, 0.05) is 26.2 Å². The number of nitrogens with one attached hydrogen (secondary N) is 2. The molecule has 1 saturated carbocycles. The van der Waals surface area contributed by atoms with Crippen LogP contribution in [-0.2, 0) is 22.6 Å². The molecule has 0 radical (unpaired) electrons. The molecule has 2 heterocycles. The van der Waals surface area contributed by atoms with Gasteiger partial charge in [-0.2, -0.15) is 0 Å². The maximum atomic E-state index is 12.7. The van der Waals surface area contributed by atoms with Gasteiger partial charge in [0.1, 0.15) is 0 Å². The average molecular weight is 513 g/mol. The molecule has 0 spiro atoms. The summed E-state index contributed by atoms with van der Waals surface area (Å²) in [5.74, 6) is 1.75. The van der Waals surface area contributed by atoms with Gasteiger partial charge in [0.25, 0.3) is 0 Å². The number of imide groups is 1. The van der Waals surface area contributed by atoms with Gasteiger partial charge in [0.15, 0.2) is 11.7 Å². The van der Waals surface area contributed by atoms with Crippen molar-refractivity contribution in [2.75, 3.05) is 20.1 Å². The van der Waals surface area contributed by atoms with Crippen LogP contribution < -0.4 is 10.6 Å². The van der Waals surface area contributed by atoms with Crippen LogP contribution in [0.5, 0.6) is 0 Å². The minimum absolute atomic E-state index is 0. The van der Waals surface area contributed by atoms with Crippen molar-refractivity contribution >= 4 is 41.8 Å². The first-order valence-electron chi connectivity index (χ1n) is 10.0. The highest BCUT2D eigenvalue weighted by molar-refractivity contribution is 14.0. The lowest BCUT2D eigenvalue weighted by Crippen LogP contribution is -2.39. The highest BCUT2D eigenvalue weighted by Gasteiger charge is 2.58. The van der Waals surface area contributed by atoms with Crippen molar-refractivity contribution in [3.63, 3.8) is 0 Å². The van der Waals surface area contributed by atoms with Crippen molar-refractivity contribution < 1.29 is 14.1 Å². The van der Waals surface area contributed by atoms with Gasteiger partial charge in [-0.25, -0.2) is 0 Å². The Morgan fingerprint density at radius 1 is 1.24 bits per heavy atom. The first-order chi connectivity index (χ1) is 13.6. The van der Waals surface area contributed by atoms with Crippen LogP contribution in [0.25, 0.3) is 0 Å². The van der Waals surface area contributed by atoms with E-state index in [9.17, 15) is 9.59 Å². The number of carbonyl (C=O) groups excluding carboxylic acids is 2. The molecule has 1 aromatic rings. The van der Waals surface area contributed by atoms with Crippen molar-refractivity contribution in [2.45, 2.75) is 32.7 Å². The third-order valence-corrected chi connectivity index (χ3v) is 6.04. The second-order valence-corrected chi connectivity index (χ2v) is 7.67. The summed E-state index contributed by atoms with van der Waals surface area (Å²) in [7, 11) is 1.70. The van der Waals surface area contributed by atoms with E-state index in [1.165, 1.54) is 4.90 Å². The van der Waals surface area contributed by atoms with Crippen molar-refractivity contribution in [2.24, 2.45) is 28.7 Å². The Kier molecular flexibility index (Phi) is 6.97. The minimum Gasteiger partial charge on any atom is -0.359 e. The fourth-order valence-electron chi connectivity index (χ4n) is 4.63. The molecule has 0 aromatic carbocycles. The largest absolute Gasteiger partial charge is 0.359 e. The molecule has 4 atom stereocenters. The Balaban J connectivity index is 0.00000240. The number of carbonyl (C=O) groups is 2. The molecule has 1 saturated heterocycles. The van der Waals surface area contributed by atoms with E-state index in [1.807, 2.05) is 13.0 Å². The molecule has 2 fully saturated rings.